The summed E-state index contributed by atoms with van der Waals surface area (Å²) in [5.41, 5.74) is 1.76. The van der Waals surface area contributed by atoms with Crippen LogP contribution < -0.4 is 5.32 Å². The van der Waals surface area contributed by atoms with Crippen molar-refractivity contribution in [3.05, 3.63) is 59.7 Å². The van der Waals surface area contributed by atoms with Gasteiger partial charge in [0.2, 0.25) is 0 Å². The summed E-state index contributed by atoms with van der Waals surface area (Å²) in [6.45, 7) is 2.98. The van der Waals surface area contributed by atoms with Gasteiger partial charge in [0, 0.05) is 25.5 Å². The summed E-state index contributed by atoms with van der Waals surface area (Å²) in [6.07, 6.45) is -6.07. The lowest BCUT2D eigenvalue weighted by Crippen LogP contribution is -2.57. The van der Waals surface area contributed by atoms with Crippen molar-refractivity contribution < 1.29 is 35.7 Å². The van der Waals surface area contributed by atoms with E-state index in [9.17, 15) is 14.4 Å². The molecule has 3 aliphatic carbocycles. The SMILES string of the molecule is [3H][C@H]1[C@@]([3H])(F)[C@H]2[C@H](C(=O)OCC)[C@H]2[C@]1(NC(=O)OCC1c2ccccc2-c2ccccc21)C(=O)OCC. The molecule has 2 fully saturated rings. The smallest absolute Gasteiger partial charge is 0.408 e. The highest BCUT2D eigenvalue weighted by Crippen LogP contribution is 2.64. The molecule has 5 rings (SSSR count). The molecular weight excluding hydrogens is 453 g/mol. The Labute approximate surface area is 205 Å². The fourth-order valence-electron chi connectivity index (χ4n) is 5.58. The first-order valence-corrected chi connectivity index (χ1v) is 11.8. The van der Waals surface area contributed by atoms with Crippen molar-refractivity contribution in [2.75, 3.05) is 19.8 Å². The fourth-order valence-corrected chi connectivity index (χ4v) is 5.58. The predicted octanol–water partition coefficient (Wildman–Crippen LogP) is 3.99. The molecule has 184 valence electrons. The van der Waals surface area contributed by atoms with Crippen LogP contribution in [0.3, 0.4) is 0 Å². The minimum Gasteiger partial charge on any atom is -0.466 e. The van der Waals surface area contributed by atoms with Crippen molar-refractivity contribution in [2.24, 2.45) is 17.8 Å². The summed E-state index contributed by atoms with van der Waals surface area (Å²) >= 11 is 0. The Hall–Kier alpha value is -3.42. The maximum Gasteiger partial charge on any atom is 0.408 e. The minimum absolute atomic E-state index is 0.0303. The molecular formula is C27H28FNO6. The minimum atomic E-state index is -2.98. The van der Waals surface area contributed by atoms with Crippen LogP contribution in [-0.4, -0.2) is 49.5 Å². The van der Waals surface area contributed by atoms with Crippen molar-refractivity contribution >= 4 is 18.0 Å². The molecule has 7 nitrogen and oxygen atoms in total. The number of alkyl halides is 1. The number of esters is 2. The molecule has 2 aromatic rings. The van der Waals surface area contributed by atoms with Gasteiger partial charge >= 0.3 is 18.0 Å². The van der Waals surface area contributed by atoms with Gasteiger partial charge in [-0.3, -0.25) is 4.79 Å². The second-order valence-corrected chi connectivity index (χ2v) is 8.90. The first-order valence-electron chi connectivity index (χ1n) is 12.9. The molecule has 8 heteroatoms. The number of carbonyl (C=O) groups excluding carboxylic acids is 3. The van der Waals surface area contributed by atoms with E-state index in [-0.39, 0.29) is 25.7 Å². The van der Waals surface area contributed by atoms with Crippen LogP contribution in [0.15, 0.2) is 48.5 Å². The summed E-state index contributed by atoms with van der Waals surface area (Å²) in [6, 6.07) is 15.5. The zero-order chi connectivity index (χ0) is 26.5. The molecule has 0 unspecified atom stereocenters. The van der Waals surface area contributed by atoms with Crippen LogP contribution in [-0.2, 0) is 23.8 Å². The molecule has 0 heterocycles. The van der Waals surface area contributed by atoms with E-state index >= 15 is 4.39 Å². The van der Waals surface area contributed by atoms with Gasteiger partial charge in [-0.25, -0.2) is 14.0 Å². The van der Waals surface area contributed by atoms with E-state index in [1.54, 1.807) is 6.92 Å². The van der Waals surface area contributed by atoms with Crippen LogP contribution in [0.5, 0.6) is 0 Å². The average Bonchev–Trinajstić information content (AvgIpc) is 3.53. The summed E-state index contributed by atoms with van der Waals surface area (Å²) in [7, 11) is 0. The maximum atomic E-state index is 15.5. The van der Waals surface area contributed by atoms with Gasteiger partial charge in [-0.2, -0.15) is 0 Å². The fraction of sp³-hybridized carbons (Fsp3) is 0.444. The van der Waals surface area contributed by atoms with Gasteiger partial charge < -0.3 is 19.5 Å². The third-order valence-electron chi connectivity index (χ3n) is 7.05. The molecule has 0 saturated heterocycles. The Kier molecular flexibility index (Phi) is 5.37. The zero-order valence-corrected chi connectivity index (χ0v) is 19.5. The van der Waals surface area contributed by atoms with E-state index in [4.69, 9.17) is 17.0 Å². The average molecular weight is 486 g/mol. The number of alkyl carbamates (subject to hydrolysis) is 1. The number of hydrogen-bond donors (Lipinski definition) is 1. The van der Waals surface area contributed by atoms with Gasteiger partial charge in [0.25, 0.3) is 0 Å². The Morgan fingerprint density at radius 3 is 2.23 bits per heavy atom. The Balaban J connectivity index is 1.40. The van der Waals surface area contributed by atoms with Gasteiger partial charge in [-0.15, -0.1) is 0 Å². The number of fused-ring (bicyclic) bond motifs is 4. The van der Waals surface area contributed by atoms with E-state index < -0.39 is 53.9 Å². The Morgan fingerprint density at radius 2 is 1.63 bits per heavy atom. The van der Waals surface area contributed by atoms with Crippen molar-refractivity contribution in [1.29, 1.82) is 0 Å². The first-order chi connectivity index (χ1) is 17.7. The predicted molar refractivity (Wildman–Crippen MR) is 124 cm³/mol. The van der Waals surface area contributed by atoms with Gasteiger partial charge in [-0.05, 0) is 36.1 Å². The van der Waals surface area contributed by atoms with Crippen LogP contribution in [0.4, 0.5) is 9.18 Å². The number of ether oxygens (including phenoxy) is 3. The molecule has 3 aliphatic rings. The van der Waals surface area contributed by atoms with Crippen molar-refractivity contribution in [3.63, 3.8) is 0 Å². The highest BCUT2D eigenvalue weighted by Gasteiger charge is 2.77. The quantitative estimate of drug-likeness (QED) is 0.471. The van der Waals surface area contributed by atoms with Crippen molar-refractivity contribution in [1.82, 2.24) is 5.32 Å². The molecule has 0 bridgehead atoms. The topological polar surface area (TPSA) is 90.9 Å². The summed E-state index contributed by atoms with van der Waals surface area (Å²) < 4.78 is 47.7. The second kappa shape index (κ2) is 8.98. The molecule has 6 atom stereocenters. The standard InChI is InChI=1S/C27H28FNO6/c1-3-33-24(30)22-21-20(28)13-27(23(21)22,25(31)34-4-2)29-26(32)35-14-19-17-11-7-5-9-15(17)16-10-6-8-12-18(16)19/h5-12,19-23H,3-4,13-14H2,1-2H3,(H,29,32)/t20-,21+,22+,23+,27+/m1/s1/i13T,20T/t13-,20+,21-,22-,23-,27-/m0. The third kappa shape index (κ3) is 3.75. The number of rotatable bonds is 7. The molecule has 1 N–H and O–H groups in total. The lowest BCUT2D eigenvalue weighted by atomic mass is 9.90. The first kappa shape index (κ1) is 20.9. The summed E-state index contributed by atoms with van der Waals surface area (Å²) in [4.78, 5) is 38.7. The molecule has 0 aliphatic heterocycles. The zero-order valence-electron chi connectivity index (χ0n) is 21.5. The summed E-state index contributed by atoms with van der Waals surface area (Å²) in [5, 5.41) is 2.38. The molecule has 1 amide bonds. The lowest BCUT2D eigenvalue weighted by Gasteiger charge is -2.30. The van der Waals surface area contributed by atoms with E-state index in [1.165, 1.54) is 6.92 Å². The Bertz CT molecular complexity index is 1210. The normalized spacial score (nSPS) is 32.9. The van der Waals surface area contributed by atoms with Crippen LogP contribution in [0, 0.1) is 17.8 Å². The maximum absolute atomic E-state index is 15.5. The van der Waals surface area contributed by atoms with E-state index in [0.29, 0.717) is 0 Å². The van der Waals surface area contributed by atoms with Crippen LogP contribution in [0.2, 0.25) is 0 Å². The number of benzene rings is 2. The number of nitrogens with one attached hydrogen (secondary N) is 1. The molecule has 0 radical (unpaired) electrons. The highest BCUT2D eigenvalue weighted by molar-refractivity contribution is 5.91. The van der Waals surface area contributed by atoms with E-state index in [1.807, 2.05) is 48.5 Å². The largest absolute Gasteiger partial charge is 0.466 e. The third-order valence-corrected chi connectivity index (χ3v) is 7.05. The highest BCUT2D eigenvalue weighted by atomic mass is 19.1. The van der Waals surface area contributed by atoms with Crippen LogP contribution in [0.1, 0.15) is 40.0 Å². The van der Waals surface area contributed by atoms with Crippen LogP contribution >= 0.6 is 0 Å². The second-order valence-electron chi connectivity index (χ2n) is 8.90. The number of hydrogen-bond acceptors (Lipinski definition) is 6. The molecule has 0 spiro atoms. The van der Waals surface area contributed by atoms with Gasteiger partial charge in [0.05, 0.1) is 20.5 Å². The Morgan fingerprint density at radius 1 is 1.03 bits per heavy atom. The van der Waals surface area contributed by atoms with E-state index in [0.717, 1.165) is 22.3 Å². The van der Waals surface area contributed by atoms with Gasteiger partial charge in [-0.1, -0.05) is 48.5 Å². The monoisotopic (exact) mass is 485 g/mol. The van der Waals surface area contributed by atoms with E-state index in [2.05, 4.69) is 5.32 Å². The molecule has 0 aromatic heterocycles. The molecule has 2 saturated carbocycles. The van der Waals surface area contributed by atoms with Crippen molar-refractivity contribution in [3.8, 4) is 11.1 Å². The van der Waals surface area contributed by atoms with Crippen LogP contribution in [0.25, 0.3) is 11.1 Å². The number of halogens is 1. The summed E-state index contributed by atoms with van der Waals surface area (Å²) in [5.74, 6) is -5.70. The lowest BCUT2D eigenvalue weighted by molar-refractivity contribution is -0.153. The van der Waals surface area contributed by atoms with Crippen molar-refractivity contribution in [2.45, 2.75) is 37.8 Å². The number of amides is 1. The van der Waals surface area contributed by atoms with Gasteiger partial charge in [0.15, 0.2) is 0 Å². The van der Waals surface area contributed by atoms with Gasteiger partial charge in [0.1, 0.15) is 18.3 Å². The number of carbonyl (C=O) groups is 3. The molecule has 2 aromatic carbocycles. The molecule has 35 heavy (non-hydrogen) atoms.